The Kier molecular flexibility index (Phi) is 7.67. The monoisotopic (exact) mass is 449 g/mol. The molecule has 0 aliphatic carbocycles. The van der Waals surface area contributed by atoms with Crippen molar-refractivity contribution in [2.75, 3.05) is 23.3 Å². The second kappa shape index (κ2) is 10.3. The summed E-state index contributed by atoms with van der Waals surface area (Å²) in [7, 11) is 0. The first-order valence-electron chi connectivity index (χ1n) is 12.2. The fourth-order valence-corrected chi connectivity index (χ4v) is 4.32. The highest BCUT2D eigenvalue weighted by Crippen LogP contribution is 2.32. The number of benzene rings is 1. The molecule has 2 aromatic heterocycles. The normalized spacial score (nSPS) is 11.4. The largest absolute Gasteiger partial charge is 0.372 e. The lowest BCUT2D eigenvalue weighted by Gasteiger charge is -2.22. The summed E-state index contributed by atoms with van der Waals surface area (Å²) in [6.07, 6.45) is 2.76. The summed E-state index contributed by atoms with van der Waals surface area (Å²) in [6.45, 7) is 20.8. The van der Waals surface area contributed by atoms with Crippen molar-refractivity contribution < 1.29 is 0 Å². The fraction of sp³-hybridized carbons (Fsp3) is 0.481. The van der Waals surface area contributed by atoms with Crippen LogP contribution in [0.25, 0.3) is 11.2 Å². The van der Waals surface area contributed by atoms with Gasteiger partial charge in [-0.15, -0.1) is 0 Å². The van der Waals surface area contributed by atoms with Gasteiger partial charge in [0.1, 0.15) is 5.69 Å². The van der Waals surface area contributed by atoms with E-state index in [1.54, 1.807) is 4.52 Å². The van der Waals surface area contributed by atoms with Gasteiger partial charge in [-0.2, -0.15) is 4.52 Å². The molecular formula is C27H39N5O. The van der Waals surface area contributed by atoms with Crippen LogP contribution in [0.15, 0.2) is 29.6 Å². The maximum atomic E-state index is 13.5. The quantitative estimate of drug-likeness (QED) is 0.375. The number of hydrogen-bond acceptors (Lipinski definition) is 4. The number of nitrogens with zero attached hydrogens (tertiary/aromatic N) is 3. The number of rotatable bonds is 10. The summed E-state index contributed by atoms with van der Waals surface area (Å²) in [4.78, 5) is 20.8. The Labute approximate surface area is 197 Å². The van der Waals surface area contributed by atoms with Crippen LogP contribution in [-0.4, -0.2) is 27.7 Å². The summed E-state index contributed by atoms with van der Waals surface area (Å²) < 4.78 is 1.59. The number of aromatic amines is 1. The number of fused-ring (bicyclic) bond motifs is 1. The highest BCUT2D eigenvalue weighted by Gasteiger charge is 2.22. The number of allylic oxidation sites excluding steroid dienone is 1. The van der Waals surface area contributed by atoms with Gasteiger partial charge in [0.15, 0.2) is 5.65 Å². The molecule has 0 radical (unpaired) electrons. The lowest BCUT2D eigenvalue weighted by atomic mass is 10.0. The summed E-state index contributed by atoms with van der Waals surface area (Å²) >= 11 is 0. The third-order valence-electron chi connectivity index (χ3n) is 6.26. The van der Waals surface area contributed by atoms with Crippen LogP contribution in [0, 0.1) is 6.92 Å². The van der Waals surface area contributed by atoms with Gasteiger partial charge in [-0.25, -0.2) is 4.98 Å². The Bertz CT molecular complexity index is 1200. The molecule has 0 fully saturated rings. The first-order valence-corrected chi connectivity index (χ1v) is 12.2. The summed E-state index contributed by atoms with van der Waals surface area (Å²) in [5.41, 5.74) is 8.08. The number of aromatic nitrogens is 3. The van der Waals surface area contributed by atoms with Gasteiger partial charge in [-0.05, 0) is 75.8 Å². The Hall–Kier alpha value is -3.02. The average Bonchev–Trinajstić information content (AvgIpc) is 3.14. The van der Waals surface area contributed by atoms with Crippen molar-refractivity contribution in [3.8, 4) is 0 Å². The lowest BCUT2D eigenvalue weighted by molar-refractivity contribution is 0.720. The van der Waals surface area contributed by atoms with Crippen LogP contribution >= 0.6 is 0 Å². The van der Waals surface area contributed by atoms with Gasteiger partial charge in [-0.3, -0.25) is 9.89 Å². The van der Waals surface area contributed by atoms with Crippen molar-refractivity contribution in [3.05, 3.63) is 57.6 Å². The molecule has 3 rings (SSSR count). The fourth-order valence-electron chi connectivity index (χ4n) is 4.32. The van der Waals surface area contributed by atoms with Crippen molar-refractivity contribution in [1.82, 2.24) is 14.6 Å². The van der Waals surface area contributed by atoms with Crippen LogP contribution in [0.3, 0.4) is 0 Å². The SMILES string of the molecule is C=C(C)c1[nH]n2c(=O)c(CCCC)c(C(C)C)nc2c1Nc1ccc(N(CC)CC)cc1C. The molecule has 2 heterocycles. The molecule has 1 aromatic carbocycles. The predicted molar refractivity (Wildman–Crippen MR) is 141 cm³/mol. The molecule has 0 aliphatic heterocycles. The molecule has 0 saturated heterocycles. The standard InChI is InChI=1S/C27H39N5O/c1-9-12-13-21-23(17(4)5)29-26-25(24(18(6)7)30-32(26)27(21)33)28-22-15-14-20(16-19(22)8)31(10-2)11-3/h14-17,28,30H,6,9-13H2,1-5,7-8H3. The maximum Gasteiger partial charge on any atom is 0.276 e. The molecule has 0 atom stereocenters. The third-order valence-corrected chi connectivity index (χ3v) is 6.26. The van der Waals surface area contributed by atoms with Gasteiger partial charge in [-0.1, -0.05) is 33.8 Å². The zero-order chi connectivity index (χ0) is 24.3. The second-order valence-corrected chi connectivity index (χ2v) is 9.14. The summed E-state index contributed by atoms with van der Waals surface area (Å²) in [5.74, 6) is 0.167. The maximum absolute atomic E-state index is 13.5. The summed E-state index contributed by atoms with van der Waals surface area (Å²) in [5, 5.41) is 6.84. The zero-order valence-corrected chi connectivity index (χ0v) is 21.3. The Morgan fingerprint density at radius 2 is 1.94 bits per heavy atom. The van der Waals surface area contributed by atoms with Crippen molar-refractivity contribution in [1.29, 1.82) is 0 Å². The topological polar surface area (TPSA) is 65.4 Å². The van der Waals surface area contributed by atoms with Gasteiger partial charge in [0.2, 0.25) is 0 Å². The first kappa shape index (κ1) is 24.6. The molecule has 0 saturated carbocycles. The van der Waals surface area contributed by atoms with Crippen LogP contribution in [0.2, 0.25) is 0 Å². The zero-order valence-electron chi connectivity index (χ0n) is 21.3. The molecule has 0 amide bonds. The number of hydrogen-bond donors (Lipinski definition) is 2. The molecule has 3 aromatic rings. The van der Waals surface area contributed by atoms with E-state index in [-0.39, 0.29) is 11.5 Å². The molecule has 0 aliphatic rings. The van der Waals surface area contributed by atoms with Gasteiger partial charge < -0.3 is 10.2 Å². The van der Waals surface area contributed by atoms with E-state index in [1.807, 2.05) is 6.92 Å². The molecule has 0 spiro atoms. The van der Waals surface area contributed by atoms with Crippen LogP contribution in [0.4, 0.5) is 17.1 Å². The van der Waals surface area contributed by atoms with Crippen molar-refractivity contribution in [3.63, 3.8) is 0 Å². The Balaban J connectivity index is 2.17. The Morgan fingerprint density at radius 3 is 2.48 bits per heavy atom. The molecule has 0 unspecified atom stereocenters. The minimum absolute atomic E-state index is 0.0127. The van der Waals surface area contributed by atoms with Crippen LogP contribution in [0.1, 0.15) is 82.8 Å². The summed E-state index contributed by atoms with van der Waals surface area (Å²) in [6, 6.07) is 6.44. The van der Waals surface area contributed by atoms with Gasteiger partial charge in [0.25, 0.3) is 5.56 Å². The number of anilines is 3. The number of H-pyrrole nitrogens is 1. The van der Waals surface area contributed by atoms with Crippen LogP contribution in [-0.2, 0) is 6.42 Å². The predicted octanol–water partition coefficient (Wildman–Crippen LogP) is 6.42. The first-order chi connectivity index (χ1) is 15.7. The van der Waals surface area contributed by atoms with E-state index in [9.17, 15) is 4.79 Å². The van der Waals surface area contributed by atoms with Gasteiger partial charge >= 0.3 is 0 Å². The number of unbranched alkanes of at least 4 members (excludes halogenated alkanes) is 1. The Morgan fingerprint density at radius 1 is 1.24 bits per heavy atom. The van der Waals surface area contributed by atoms with E-state index in [0.717, 1.165) is 71.8 Å². The second-order valence-electron chi connectivity index (χ2n) is 9.14. The average molecular weight is 450 g/mol. The van der Waals surface area contributed by atoms with E-state index in [2.05, 4.69) is 81.6 Å². The van der Waals surface area contributed by atoms with E-state index < -0.39 is 0 Å². The molecule has 33 heavy (non-hydrogen) atoms. The molecule has 178 valence electrons. The van der Waals surface area contributed by atoms with Crippen molar-refractivity contribution >= 4 is 28.3 Å². The molecule has 6 nitrogen and oxygen atoms in total. The van der Waals surface area contributed by atoms with Crippen LogP contribution in [0.5, 0.6) is 0 Å². The van der Waals surface area contributed by atoms with Crippen molar-refractivity contribution in [2.45, 2.75) is 73.6 Å². The smallest absolute Gasteiger partial charge is 0.276 e. The minimum Gasteiger partial charge on any atom is -0.372 e. The molecular weight excluding hydrogens is 410 g/mol. The number of aryl methyl sites for hydroxylation is 1. The third kappa shape index (κ3) is 4.85. The molecule has 2 N–H and O–H groups in total. The highest BCUT2D eigenvalue weighted by atomic mass is 16.1. The van der Waals surface area contributed by atoms with E-state index in [4.69, 9.17) is 4.98 Å². The lowest BCUT2D eigenvalue weighted by Crippen LogP contribution is -2.23. The molecule has 6 heteroatoms. The van der Waals surface area contributed by atoms with Crippen LogP contribution < -0.4 is 15.8 Å². The van der Waals surface area contributed by atoms with E-state index >= 15 is 0 Å². The minimum atomic E-state index is -0.0127. The van der Waals surface area contributed by atoms with E-state index in [1.165, 1.54) is 5.69 Å². The number of nitrogens with one attached hydrogen (secondary N) is 2. The van der Waals surface area contributed by atoms with Gasteiger partial charge in [0.05, 0.1) is 11.4 Å². The highest BCUT2D eigenvalue weighted by molar-refractivity contribution is 5.86. The van der Waals surface area contributed by atoms with E-state index in [0.29, 0.717) is 5.65 Å². The molecule has 0 bridgehead atoms. The van der Waals surface area contributed by atoms with Crippen molar-refractivity contribution in [2.24, 2.45) is 0 Å². The van der Waals surface area contributed by atoms with Gasteiger partial charge in [0, 0.05) is 30.0 Å².